The highest BCUT2D eigenvalue weighted by Crippen LogP contribution is 2.36. The normalized spacial score (nSPS) is 19.8. The molecule has 0 saturated carbocycles. The zero-order chi connectivity index (χ0) is 25.0. The van der Waals surface area contributed by atoms with Gasteiger partial charge in [0.15, 0.2) is 0 Å². The summed E-state index contributed by atoms with van der Waals surface area (Å²) in [6.07, 6.45) is -0.0718. The number of nitrogens with one attached hydrogen (secondary N) is 1. The van der Waals surface area contributed by atoms with Gasteiger partial charge in [-0.2, -0.15) is 4.72 Å². The van der Waals surface area contributed by atoms with Gasteiger partial charge in [-0.05, 0) is 54.9 Å². The number of benzene rings is 2. The van der Waals surface area contributed by atoms with E-state index in [0.717, 1.165) is 16.7 Å². The predicted octanol–water partition coefficient (Wildman–Crippen LogP) is 4.55. The van der Waals surface area contributed by atoms with Crippen LogP contribution >= 0.6 is 0 Å². The van der Waals surface area contributed by atoms with Crippen molar-refractivity contribution in [1.29, 1.82) is 0 Å². The van der Waals surface area contributed by atoms with Gasteiger partial charge in [-0.3, -0.25) is 4.79 Å². The minimum Gasteiger partial charge on any atom is -0.460 e. The second kappa shape index (κ2) is 11.0. The fraction of sp³-hybridized carbons (Fsp3) is 0.519. The van der Waals surface area contributed by atoms with Crippen LogP contribution in [0, 0.1) is 24.7 Å². The van der Waals surface area contributed by atoms with Gasteiger partial charge >= 0.3 is 5.97 Å². The number of carbonyl (C=O) groups excluding carboxylic acids is 1. The van der Waals surface area contributed by atoms with E-state index in [1.807, 2.05) is 58.9 Å². The SMILES string of the molecule is Cc1ccc(S(=O)(=O)N[C@H]2c3ccccc3C[C@H]2OC(=O)[C@@H](CC(C)C)[C@@H](O)CC(C)C)cc1. The summed E-state index contributed by atoms with van der Waals surface area (Å²) in [5.74, 6) is -0.683. The minimum atomic E-state index is -3.83. The number of aliphatic hydroxyl groups excluding tert-OH is 1. The first kappa shape index (κ1) is 26.4. The van der Waals surface area contributed by atoms with Crippen LogP contribution in [0.1, 0.15) is 63.3 Å². The standard InChI is InChI=1S/C27H37NO5S/c1-17(2)14-23(24(29)15-18(3)4)27(30)33-25-16-20-8-6-7-9-22(20)26(25)28-34(31,32)21-12-10-19(5)11-13-21/h6-13,17-18,23-26,28-29H,14-16H2,1-5H3/t23-,24-,25+,26-/m0/s1. The molecule has 2 aromatic carbocycles. The van der Waals surface area contributed by atoms with Crippen LogP contribution in [0.2, 0.25) is 0 Å². The Kier molecular flexibility index (Phi) is 8.55. The van der Waals surface area contributed by atoms with Gasteiger partial charge in [0.05, 0.1) is 23.0 Å². The molecular weight excluding hydrogens is 450 g/mol. The summed E-state index contributed by atoms with van der Waals surface area (Å²) < 4.78 is 35.0. The van der Waals surface area contributed by atoms with E-state index in [4.69, 9.17) is 4.74 Å². The van der Waals surface area contributed by atoms with Crippen molar-refractivity contribution in [2.45, 2.75) is 77.0 Å². The Morgan fingerprint density at radius 2 is 1.65 bits per heavy atom. The molecule has 0 amide bonds. The molecule has 3 rings (SSSR count). The molecule has 0 heterocycles. The Hall–Kier alpha value is -2.22. The number of sulfonamides is 1. The lowest BCUT2D eigenvalue weighted by Crippen LogP contribution is -2.39. The first-order valence-corrected chi connectivity index (χ1v) is 13.5. The third-order valence-electron chi connectivity index (χ3n) is 6.27. The van der Waals surface area contributed by atoms with E-state index in [-0.39, 0.29) is 16.7 Å². The number of fused-ring (bicyclic) bond motifs is 1. The van der Waals surface area contributed by atoms with Crippen LogP contribution in [0.5, 0.6) is 0 Å². The molecule has 186 valence electrons. The molecule has 34 heavy (non-hydrogen) atoms. The molecule has 1 aliphatic carbocycles. The number of esters is 1. The van der Waals surface area contributed by atoms with Gasteiger partial charge in [0.1, 0.15) is 6.10 Å². The van der Waals surface area contributed by atoms with Crippen molar-refractivity contribution in [1.82, 2.24) is 4.72 Å². The summed E-state index contributed by atoms with van der Waals surface area (Å²) in [7, 11) is -3.83. The number of hydrogen-bond acceptors (Lipinski definition) is 5. The van der Waals surface area contributed by atoms with Gasteiger partial charge < -0.3 is 9.84 Å². The summed E-state index contributed by atoms with van der Waals surface area (Å²) in [4.78, 5) is 13.4. The van der Waals surface area contributed by atoms with Crippen molar-refractivity contribution in [2.24, 2.45) is 17.8 Å². The van der Waals surface area contributed by atoms with E-state index in [0.29, 0.717) is 19.3 Å². The average Bonchev–Trinajstić information content (AvgIpc) is 3.08. The van der Waals surface area contributed by atoms with Crippen LogP contribution in [-0.2, 0) is 26.0 Å². The summed E-state index contributed by atoms with van der Waals surface area (Å²) in [6.45, 7) is 9.92. The van der Waals surface area contributed by atoms with Crippen molar-refractivity contribution >= 4 is 16.0 Å². The maximum Gasteiger partial charge on any atom is 0.311 e. The van der Waals surface area contributed by atoms with Crippen molar-refractivity contribution in [2.75, 3.05) is 0 Å². The molecule has 0 fully saturated rings. The quantitative estimate of drug-likeness (QED) is 0.480. The summed E-state index contributed by atoms with van der Waals surface area (Å²) >= 11 is 0. The minimum absolute atomic E-state index is 0.164. The van der Waals surface area contributed by atoms with E-state index < -0.39 is 40.2 Å². The van der Waals surface area contributed by atoms with Crippen molar-refractivity contribution < 1.29 is 23.1 Å². The predicted molar refractivity (Wildman–Crippen MR) is 133 cm³/mol. The Balaban J connectivity index is 1.85. The molecule has 0 bridgehead atoms. The van der Waals surface area contributed by atoms with E-state index in [9.17, 15) is 18.3 Å². The average molecular weight is 488 g/mol. The van der Waals surface area contributed by atoms with Crippen LogP contribution in [0.3, 0.4) is 0 Å². The van der Waals surface area contributed by atoms with Crippen molar-refractivity contribution in [3.8, 4) is 0 Å². The third kappa shape index (κ3) is 6.46. The summed E-state index contributed by atoms with van der Waals surface area (Å²) in [5.41, 5.74) is 2.72. The summed E-state index contributed by atoms with van der Waals surface area (Å²) in [6, 6.07) is 13.5. The molecule has 7 heteroatoms. The number of ether oxygens (including phenoxy) is 1. The number of rotatable bonds is 10. The molecule has 6 nitrogen and oxygen atoms in total. The fourth-order valence-corrected chi connectivity index (χ4v) is 5.81. The molecule has 2 aromatic rings. The highest BCUT2D eigenvalue weighted by atomic mass is 32.2. The first-order valence-electron chi connectivity index (χ1n) is 12.0. The lowest BCUT2D eigenvalue weighted by Gasteiger charge is -2.28. The zero-order valence-electron chi connectivity index (χ0n) is 20.7. The van der Waals surface area contributed by atoms with Crippen molar-refractivity contribution in [3.63, 3.8) is 0 Å². The number of aliphatic hydroxyl groups is 1. The number of carbonyl (C=O) groups is 1. The van der Waals surface area contributed by atoms with Gasteiger partial charge in [-0.1, -0.05) is 69.7 Å². The second-order valence-corrected chi connectivity index (χ2v) is 11.9. The smallest absolute Gasteiger partial charge is 0.311 e. The maximum atomic E-state index is 13.3. The third-order valence-corrected chi connectivity index (χ3v) is 7.73. The van der Waals surface area contributed by atoms with Gasteiger partial charge in [0.2, 0.25) is 10.0 Å². The monoisotopic (exact) mass is 487 g/mol. The van der Waals surface area contributed by atoms with Crippen LogP contribution in [-0.4, -0.2) is 31.7 Å². The van der Waals surface area contributed by atoms with Gasteiger partial charge in [0, 0.05) is 6.42 Å². The highest BCUT2D eigenvalue weighted by molar-refractivity contribution is 7.89. The van der Waals surface area contributed by atoms with E-state index in [1.54, 1.807) is 24.3 Å². The molecule has 0 saturated heterocycles. The van der Waals surface area contributed by atoms with Gasteiger partial charge in [0.25, 0.3) is 0 Å². The number of aryl methyl sites for hydroxylation is 1. The molecule has 1 aliphatic rings. The molecular formula is C27H37NO5S. The van der Waals surface area contributed by atoms with Gasteiger partial charge in [-0.25, -0.2) is 8.42 Å². The number of hydrogen-bond donors (Lipinski definition) is 2. The largest absolute Gasteiger partial charge is 0.460 e. The molecule has 0 aromatic heterocycles. The lowest BCUT2D eigenvalue weighted by atomic mass is 9.88. The van der Waals surface area contributed by atoms with Crippen LogP contribution < -0.4 is 4.72 Å². The molecule has 0 spiro atoms. The van der Waals surface area contributed by atoms with Crippen LogP contribution in [0.25, 0.3) is 0 Å². The Morgan fingerprint density at radius 1 is 1.03 bits per heavy atom. The van der Waals surface area contributed by atoms with Gasteiger partial charge in [-0.15, -0.1) is 0 Å². The first-order chi connectivity index (χ1) is 16.0. The topological polar surface area (TPSA) is 92.7 Å². The van der Waals surface area contributed by atoms with E-state index in [2.05, 4.69) is 4.72 Å². The molecule has 0 aliphatic heterocycles. The second-order valence-electron chi connectivity index (χ2n) is 10.2. The van der Waals surface area contributed by atoms with E-state index in [1.165, 1.54) is 0 Å². The lowest BCUT2D eigenvalue weighted by molar-refractivity contribution is -0.160. The fourth-order valence-electron chi connectivity index (χ4n) is 4.56. The molecule has 0 radical (unpaired) electrons. The van der Waals surface area contributed by atoms with E-state index >= 15 is 0 Å². The Morgan fingerprint density at radius 3 is 2.26 bits per heavy atom. The van der Waals surface area contributed by atoms with Crippen LogP contribution in [0.15, 0.2) is 53.4 Å². The Labute approximate surface area is 203 Å². The van der Waals surface area contributed by atoms with Crippen LogP contribution in [0.4, 0.5) is 0 Å². The Bertz CT molecular complexity index is 1080. The van der Waals surface area contributed by atoms with Crippen molar-refractivity contribution in [3.05, 3.63) is 65.2 Å². The maximum absolute atomic E-state index is 13.3. The molecule has 2 N–H and O–H groups in total. The zero-order valence-corrected chi connectivity index (χ0v) is 21.5. The molecule has 4 atom stereocenters. The molecule has 0 unspecified atom stereocenters. The summed E-state index contributed by atoms with van der Waals surface area (Å²) in [5, 5.41) is 10.8. The highest BCUT2D eigenvalue weighted by Gasteiger charge is 2.40.